The normalized spacial score (nSPS) is 13.6. The molecule has 1 aliphatic heterocycles. The minimum absolute atomic E-state index is 0.0941. The molecular weight excluding hydrogens is 480 g/mol. The van der Waals surface area contributed by atoms with Crippen molar-refractivity contribution in [2.75, 3.05) is 31.1 Å². The number of amides is 2. The molecule has 4 aromatic rings. The number of benzene rings is 2. The molecular formula is C26H23ClN6O3. The van der Waals surface area contributed by atoms with Crippen molar-refractivity contribution >= 4 is 34.9 Å². The topological polar surface area (TPSA) is 106 Å². The van der Waals surface area contributed by atoms with Crippen LogP contribution in [0.25, 0.3) is 16.9 Å². The van der Waals surface area contributed by atoms with Crippen molar-refractivity contribution in [2.24, 2.45) is 5.73 Å². The van der Waals surface area contributed by atoms with Gasteiger partial charge in [-0.2, -0.15) is 0 Å². The molecule has 0 bridgehead atoms. The molecule has 1 saturated heterocycles. The Kier molecular flexibility index (Phi) is 6.30. The Morgan fingerprint density at radius 1 is 1.00 bits per heavy atom. The van der Waals surface area contributed by atoms with Gasteiger partial charge in [0.1, 0.15) is 22.9 Å². The SMILES string of the molecule is C=CC(=O)N1CCN(c2nccn3c(C(N)=O)c(-c4ccc(Oc5ccc(Cl)cc5)cc4)nc23)CC1. The van der Waals surface area contributed by atoms with Crippen LogP contribution in [0.3, 0.4) is 0 Å². The Morgan fingerprint density at radius 3 is 2.25 bits per heavy atom. The molecule has 5 rings (SSSR count). The highest BCUT2D eigenvalue weighted by atomic mass is 35.5. The first-order valence-electron chi connectivity index (χ1n) is 11.3. The predicted molar refractivity (Wildman–Crippen MR) is 137 cm³/mol. The molecule has 0 aliphatic carbocycles. The van der Waals surface area contributed by atoms with Gasteiger partial charge in [0.15, 0.2) is 11.5 Å². The van der Waals surface area contributed by atoms with Crippen molar-refractivity contribution in [1.82, 2.24) is 19.3 Å². The third-order valence-electron chi connectivity index (χ3n) is 6.00. The number of anilines is 1. The van der Waals surface area contributed by atoms with Crippen LogP contribution in [-0.4, -0.2) is 57.3 Å². The summed E-state index contributed by atoms with van der Waals surface area (Å²) in [6, 6.07) is 14.3. The van der Waals surface area contributed by atoms with Crippen molar-refractivity contribution in [3.05, 3.63) is 84.3 Å². The summed E-state index contributed by atoms with van der Waals surface area (Å²) in [6.07, 6.45) is 4.61. The Hall–Kier alpha value is -4.37. The van der Waals surface area contributed by atoms with E-state index in [2.05, 4.69) is 11.6 Å². The first kappa shape index (κ1) is 23.4. The molecule has 0 saturated carbocycles. The van der Waals surface area contributed by atoms with Gasteiger partial charge in [-0.25, -0.2) is 9.97 Å². The number of fused-ring (bicyclic) bond motifs is 1. The van der Waals surface area contributed by atoms with Gasteiger partial charge in [-0.15, -0.1) is 0 Å². The van der Waals surface area contributed by atoms with Crippen LogP contribution >= 0.6 is 11.6 Å². The van der Waals surface area contributed by atoms with Crippen LogP contribution in [0.1, 0.15) is 10.5 Å². The van der Waals surface area contributed by atoms with Crippen LogP contribution in [0.4, 0.5) is 5.82 Å². The zero-order chi connectivity index (χ0) is 25.2. The van der Waals surface area contributed by atoms with Gasteiger partial charge < -0.3 is 20.3 Å². The van der Waals surface area contributed by atoms with E-state index in [1.807, 2.05) is 17.0 Å². The molecule has 0 unspecified atom stereocenters. The maximum Gasteiger partial charge on any atom is 0.268 e. The lowest BCUT2D eigenvalue weighted by Gasteiger charge is -2.34. The van der Waals surface area contributed by atoms with Crippen LogP contribution in [0.5, 0.6) is 11.5 Å². The highest BCUT2D eigenvalue weighted by Crippen LogP contribution is 2.31. The summed E-state index contributed by atoms with van der Waals surface area (Å²) in [6.45, 7) is 5.80. The summed E-state index contributed by atoms with van der Waals surface area (Å²) in [7, 11) is 0. The predicted octanol–water partition coefficient (Wildman–Crippen LogP) is 3.78. The number of carbonyl (C=O) groups excluding carboxylic acids is 2. The fourth-order valence-electron chi connectivity index (χ4n) is 4.21. The highest BCUT2D eigenvalue weighted by Gasteiger charge is 2.26. The van der Waals surface area contributed by atoms with E-state index >= 15 is 0 Å². The van der Waals surface area contributed by atoms with Gasteiger partial charge >= 0.3 is 0 Å². The van der Waals surface area contributed by atoms with Gasteiger partial charge in [0.25, 0.3) is 5.91 Å². The molecule has 2 amide bonds. The van der Waals surface area contributed by atoms with Crippen molar-refractivity contribution in [3.63, 3.8) is 0 Å². The van der Waals surface area contributed by atoms with E-state index < -0.39 is 5.91 Å². The molecule has 2 aromatic carbocycles. The molecule has 9 nitrogen and oxygen atoms in total. The van der Waals surface area contributed by atoms with E-state index in [4.69, 9.17) is 27.1 Å². The van der Waals surface area contributed by atoms with Gasteiger partial charge in [-0.3, -0.25) is 14.0 Å². The number of halogens is 1. The van der Waals surface area contributed by atoms with Crippen molar-refractivity contribution in [1.29, 1.82) is 0 Å². The maximum atomic E-state index is 12.5. The standard InChI is InChI=1S/C26H23ClN6O3/c1-2-21(34)31-13-15-32(16-14-31)25-26-30-22(23(24(28)35)33(26)12-11-29-25)17-3-7-19(8-4-17)36-20-9-5-18(27)6-10-20/h2-12H,1,13-16H2,(H2,28,35). The minimum Gasteiger partial charge on any atom is -0.457 e. The fraction of sp³-hybridized carbons (Fsp3) is 0.154. The van der Waals surface area contributed by atoms with E-state index in [9.17, 15) is 9.59 Å². The van der Waals surface area contributed by atoms with Crippen LogP contribution in [-0.2, 0) is 4.79 Å². The zero-order valence-corrected chi connectivity index (χ0v) is 20.1. The average molecular weight is 503 g/mol. The number of piperazine rings is 1. The summed E-state index contributed by atoms with van der Waals surface area (Å²) >= 11 is 5.93. The monoisotopic (exact) mass is 502 g/mol. The number of nitrogens with zero attached hydrogens (tertiary/aromatic N) is 5. The molecule has 2 N–H and O–H groups in total. The molecule has 0 radical (unpaired) electrons. The second-order valence-electron chi connectivity index (χ2n) is 8.21. The maximum absolute atomic E-state index is 12.5. The van der Waals surface area contributed by atoms with Crippen molar-refractivity contribution < 1.29 is 14.3 Å². The second-order valence-corrected chi connectivity index (χ2v) is 8.65. The van der Waals surface area contributed by atoms with E-state index in [-0.39, 0.29) is 11.6 Å². The van der Waals surface area contributed by atoms with E-state index in [1.54, 1.807) is 58.1 Å². The third-order valence-corrected chi connectivity index (χ3v) is 6.25. The van der Waals surface area contributed by atoms with E-state index in [0.29, 0.717) is 65.4 Å². The second kappa shape index (κ2) is 9.71. The summed E-state index contributed by atoms with van der Waals surface area (Å²) in [5.74, 6) is 1.21. The Morgan fingerprint density at radius 2 is 1.64 bits per heavy atom. The first-order chi connectivity index (χ1) is 17.4. The molecule has 0 spiro atoms. The highest BCUT2D eigenvalue weighted by molar-refractivity contribution is 6.30. The van der Waals surface area contributed by atoms with Gasteiger partial charge in [-0.05, 0) is 54.6 Å². The average Bonchev–Trinajstić information content (AvgIpc) is 3.30. The smallest absolute Gasteiger partial charge is 0.268 e. The summed E-state index contributed by atoms with van der Waals surface area (Å²) < 4.78 is 7.53. The molecule has 2 aromatic heterocycles. The van der Waals surface area contributed by atoms with Crippen LogP contribution in [0.2, 0.25) is 5.02 Å². The molecule has 1 aliphatic rings. The Labute approximate surface area is 212 Å². The number of imidazole rings is 1. The number of ether oxygens (including phenoxy) is 1. The first-order valence-corrected chi connectivity index (χ1v) is 11.7. The van der Waals surface area contributed by atoms with Crippen LogP contribution in [0.15, 0.2) is 73.6 Å². The van der Waals surface area contributed by atoms with Crippen molar-refractivity contribution in [2.45, 2.75) is 0 Å². The summed E-state index contributed by atoms with van der Waals surface area (Å²) in [5.41, 5.74) is 7.73. The lowest BCUT2D eigenvalue weighted by molar-refractivity contribution is -0.126. The largest absolute Gasteiger partial charge is 0.457 e. The summed E-state index contributed by atoms with van der Waals surface area (Å²) in [4.78, 5) is 37.5. The quantitative estimate of drug-likeness (QED) is 0.402. The number of nitrogens with two attached hydrogens (primary N) is 1. The number of hydrogen-bond donors (Lipinski definition) is 1. The van der Waals surface area contributed by atoms with Crippen LogP contribution in [0, 0.1) is 0 Å². The van der Waals surface area contributed by atoms with E-state index in [0.717, 1.165) is 0 Å². The molecule has 0 atom stereocenters. The lowest BCUT2D eigenvalue weighted by Crippen LogP contribution is -2.48. The zero-order valence-electron chi connectivity index (χ0n) is 19.3. The van der Waals surface area contributed by atoms with Gasteiger partial charge in [0.2, 0.25) is 5.91 Å². The number of carbonyl (C=O) groups is 2. The third kappa shape index (κ3) is 4.48. The van der Waals surface area contributed by atoms with Crippen molar-refractivity contribution in [3.8, 4) is 22.8 Å². The fourth-order valence-corrected chi connectivity index (χ4v) is 4.34. The Balaban J connectivity index is 1.46. The number of hydrogen-bond acceptors (Lipinski definition) is 6. The van der Waals surface area contributed by atoms with Crippen LogP contribution < -0.4 is 15.4 Å². The molecule has 1 fully saturated rings. The van der Waals surface area contributed by atoms with Gasteiger partial charge in [0, 0.05) is 49.2 Å². The summed E-state index contributed by atoms with van der Waals surface area (Å²) in [5, 5.41) is 0.629. The molecule has 3 heterocycles. The molecule has 36 heavy (non-hydrogen) atoms. The molecule has 182 valence electrons. The van der Waals surface area contributed by atoms with E-state index in [1.165, 1.54) is 6.08 Å². The molecule has 10 heteroatoms. The Bertz CT molecular complexity index is 1440. The van der Waals surface area contributed by atoms with Gasteiger partial charge in [0.05, 0.1) is 0 Å². The number of rotatable bonds is 6. The lowest BCUT2D eigenvalue weighted by atomic mass is 10.1. The minimum atomic E-state index is -0.600. The van der Waals surface area contributed by atoms with Gasteiger partial charge in [-0.1, -0.05) is 18.2 Å². The number of aromatic nitrogens is 3. The number of primary amides is 1.